The molecule has 7 nitrogen and oxygen atoms in total. The topological polar surface area (TPSA) is 66.6 Å². The van der Waals surface area contributed by atoms with Gasteiger partial charge in [-0.25, -0.2) is 4.98 Å². The highest BCUT2D eigenvalue weighted by atomic mass is 28.3. The summed E-state index contributed by atoms with van der Waals surface area (Å²) in [6, 6.07) is 18.6. The van der Waals surface area contributed by atoms with Crippen LogP contribution in [0.2, 0.25) is 0 Å². The fourth-order valence-corrected chi connectivity index (χ4v) is 15.6. The van der Waals surface area contributed by atoms with Crippen LogP contribution in [-0.4, -0.2) is 36.6 Å². The summed E-state index contributed by atoms with van der Waals surface area (Å²) in [7, 11) is -5.06. The molecule has 0 aliphatic rings. The van der Waals surface area contributed by atoms with E-state index in [9.17, 15) is 23.3 Å². The fraction of sp³-hybridized carbons (Fsp3) is 0. The maximum Gasteiger partial charge on any atom is 0.257 e. The van der Waals surface area contributed by atoms with Crippen molar-refractivity contribution in [1.82, 2.24) is 28.3 Å². The first-order chi connectivity index (χ1) is 47.8. The third-order valence-electron chi connectivity index (χ3n) is 14.2. The highest BCUT2D eigenvalue weighted by molar-refractivity contribution is 7.11. The molecule has 0 unspecified atom stereocenters. The van der Waals surface area contributed by atoms with Crippen molar-refractivity contribution in [2.45, 2.75) is 0 Å². The van der Waals surface area contributed by atoms with Gasteiger partial charge in [0.2, 0.25) is 5.95 Å². The van der Waals surface area contributed by atoms with Gasteiger partial charge in [0.25, 0.3) is 8.24 Å². The molecule has 0 aliphatic carbocycles. The van der Waals surface area contributed by atoms with Gasteiger partial charge in [-0.15, -0.1) is 0 Å². The van der Waals surface area contributed by atoms with Crippen LogP contribution in [0, 0.1) is 0 Å². The molecule has 5 heterocycles. The molecule has 0 fully saturated rings. The van der Waals surface area contributed by atoms with E-state index in [4.69, 9.17) is 27.6 Å². The van der Waals surface area contributed by atoms with Crippen molar-refractivity contribution < 1.29 is 35.9 Å². The lowest BCUT2D eigenvalue weighted by molar-refractivity contribution is 0.673. The van der Waals surface area contributed by atoms with E-state index in [0.29, 0.717) is 33.0 Å². The lowest BCUT2D eigenvalue weighted by Gasteiger charge is -2.36. The van der Waals surface area contributed by atoms with Crippen molar-refractivity contribution in [3.05, 3.63) is 266 Å². The molecule has 0 amide bonds. The van der Waals surface area contributed by atoms with Crippen molar-refractivity contribution in [2.24, 2.45) is 0 Å². The van der Waals surface area contributed by atoms with E-state index in [1.54, 1.807) is 89.5 Å². The molecule has 8 heteroatoms. The molecular formula is C69H44N6OSi. The second-order valence-electron chi connectivity index (χ2n) is 18.1. The predicted molar refractivity (Wildman–Crippen MR) is 319 cm³/mol. The second-order valence-corrected chi connectivity index (χ2v) is 21.7. The molecular weight excluding hydrogens is 957 g/mol. The summed E-state index contributed by atoms with van der Waals surface area (Å²) in [5, 5.41) is 1.51. The quantitative estimate of drug-likeness (QED) is 0.112. The highest BCUT2D eigenvalue weighted by Crippen LogP contribution is 2.42. The molecule has 0 atom stereocenters. The minimum absolute atomic E-state index is 0.282. The minimum Gasteiger partial charge on any atom is -0.455 e. The van der Waals surface area contributed by atoms with Gasteiger partial charge in [0.05, 0.1) is 64.7 Å². The smallest absolute Gasteiger partial charge is 0.257 e. The maximum atomic E-state index is 11.0. The van der Waals surface area contributed by atoms with Crippen LogP contribution in [0.3, 0.4) is 0 Å². The van der Waals surface area contributed by atoms with Crippen molar-refractivity contribution >= 4 is 111 Å². The Bertz CT molecular complexity index is 6220. The van der Waals surface area contributed by atoms with Gasteiger partial charge >= 0.3 is 0 Å². The number of rotatable bonds is 8. The molecule has 0 saturated heterocycles. The first-order valence-electron chi connectivity index (χ1n) is 35.7. The van der Waals surface area contributed by atoms with Crippen molar-refractivity contribution in [1.29, 1.82) is 0 Å². The Morgan fingerprint density at radius 2 is 0.935 bits per heavy atom. The molecule has 16 rings (SSSR count). The monoisotopic (exact) mass is 1020 g/mol. The molecule has 360 valence electrons. The second kappa shape index (κ2) is 16.9. The summed E-state index contributed by atoms with van der Waals surface area (Å²) >= 11 is 0. The molecule has 11 aromatic carbocycles. The first kappa shape index (κ1) is 26.4. The third kappa shape index (κ3) is 6.33. The van der Waals surface area contributed by atoms with Crippen LogP contribution in [0.5, 0.6) is 0 Å². The van der Waals surface area contributed by atoms with Gasteiger partial charge in [-0.1, -0.05) is 200 Å². The molecule has 77 heavy (non-hydrogen) atoms. The van der Waals surface area contributed by atoms with Crippen LogP contribution in [0.4, 0.5) is 0 Å². The van der Waals surface area contributed by atoms with Gasteiger partial charge in [0.15, 0.2) is 11.6 Å². The van der Waals surface area contributed by atoms with Crippen molar-refractivity contribution in [3.63, 3.8) is 0 Å². The van der Waals surface area contributed by atoms with E-state index >= 15 is 0 Å². The van der Waals surface area contributed by atoms with Crippen LogP contribution in [0.15, 0.2) is 271 Å². The number of para-hydroxylation sites is 7. The van der Waals surface area contributed by atoms with Crippen LogP contribution < -0.4 is 15.6 Å². The summed E-state index contributed by atoms with van der Waals surface area (Å²) in [5.41, 5.74) is -1.48. The number of nitrogens with zero attached hydrogens (tertiary/aromatic N) is 6. The largest absolute Gasteiger partial charge is 0.455 e. The lowest BCUT2D eigenvalue weighted by Crippen LogP contribution is -2.72. The Hall–Kier alpha value is -10.2. The maximum absolute atomic E-state index is 11.0. The van der Waals surface area contributed by atoms with Crippen LogP contribution in [-0.2, 0) is 0 Å². The zero-order valence-corrected chi connectivity index (χ0v) is 40.7. The number of aromatic nitrogens is 6. The Balaban J connectivity index is 1.12. The molecule has 0 saturated carbocycles. The van der Waals surface area contributed by atoms with E-state index < -0.39 is 192 Å². The van der Waals surface area contributed by atoms with Gasteiger partial charge < -0.3 is 13.2 Å². The van der Waals surface area contributed by atoms with E-state index in [0.717, 1.165) is 21.4 Å². The molecule has 0 radical (unpaired) electrons. The van der Waals surface area contributed by atoms with E-state index in [1.165, 1.54) is 4.23 Å². The SMILES string of the molecule is [2H]c1cc(-c2nc(-c3c([2H])c([2H])c([2H])c([2H])c3-n3c4c([2H])c([2H])c([2H])c([2H])c4c4c([2H])c([2H])c([2H])c([2H])c43)nc(-n3c4ccccc4c4c5oc6ccccc6c5ccc43)n2)c([2H])c([Si](c2ccccc2)(c2ccccc2)n2c3c([2H])c([2H])c([2H])c([2H])c3c3c([2H])c([2H])c([2H])c([2H])c32)c1[2H]. The standard InChI is InChI=1S/C69H44N6OSi/c1-3-23-46(24-4-1)77(47-25-5-2-6-26-47,75-61-39-18-9-30-51(61)52-31-10-19-40-62(52)75)48-27-21-22-45(44-48)67-70-68(56-34-12-17-38-60(56)73-57-35-14-7-28-49(57)50-29-8-15-36-58(50)73)72-69(71-67)74-59-37-16-11-33-55(59)65-63(74)43-42-54-53-32-13-20-41-64(53)76-66(54)65/h1-44H/i7D,8D,9D,10D,12D,14D,15D,17D,18D,19D,21D,27D,28D,29D,30D,31D,34D,35D,36D,38D,39D,40D,44D. The summed E-state index contributed by atoms with van der Waals surface area (Å²) in [4.78, 5) is 15.4. The van der Waals surface area contributed by atoms with E-state index in [-0.39, 0.29) is 48.9 Å². The summed E-state index contributed by atoms with van der Waals surface area (Å²) < 4.78 is 229. The third-order valence-corrected chi connectivity index (χ3v) is 18.6. The van der Waals surface area contributed by atoms with E-state index in [2.05, 4.69) is 0 Å². The van der Waals surface area contributed by atoms with Gasteiger partial charge in [0, 0.05) is 59.9 Å². The van der Waals surface area contributed by atoms with Crippen LogP contribution >= 0.6 is 0 Å². The Kier molecular flexibility index (Phi) is 5.80. The molecule has 5 aromatic heterocycles. The molecule has 16 aromatic rings. The van der Waals surface area contributed by atoms with E-state index in [1.807, 2.05) is 36.4 Å². The molecule has 0 bridgehead atoms. The average molecular weight is 1020 g/mol. The van der Waals surface area contributed by atoms with Crippen LogP contribution in [0.25, 0.3) is 122 Å². The van der Waals surface area contributed by atoms with Crippen molar-refractivity contribution in [3.8, 4) is 34.4 Å². The summed E-state index contributed by atoms with van der Waals surface area (Å²) in [5.74, 6) is -1.48. The Morgan fingerprint density at radius 1 is 0.377 bits per heavy atom. The van der Waals surface area contributed by atoms with Crippen LogP contribution in [0.1, 0.15) is 31.5 Å². The highest BCUT2D eigenvalue weighted by Gasteiger charge is 2.44. The fourth-order valence-electron chi connectivity index (χ4n) is 11.1. The average Bonchev–Trinajstić information content (AvgIpc) is 1.43. The number of benzene rings is 11. The van der Waals surface area contributed by atoms with Gasteiger partial charge in [-0.3, -0.25) is 4.57 Å². The normalized spacial score (nSPS) is 16.3. The zero-order chi connectivity index (χ0) is 70.6. The molecule has 0 spiro atoms. The summed E-state index contributed by atoms with van der Waals surface area (Å²) in [6.45, 7) is 0. The Labute approximate surface area is 475 Å². The number of hydrogen-bond donors (Lipinski definition) is 0. The lowest BCUT2D eigenvalue weighted by atomic mass is 10.1. The van der Waals surface area contributed by atoms with Crippen molar-refractivity contribution in [2.75, 3.05) is 0 Å². The zero-order valence-electron chi connectivity index (χ0n) is 62.7. The van der Waals surface area contributed by atoms with Gasteiger partial charge in [-0.2, -0.15) is 9.97 Å². The molecule has 0 aliphatic heterocycles. The predicted octanol–water partition coefficient (Wildman–Crippen LogP) is 14.9. The Morgan fingerprint density at radius 3 is 1.62 bits per heavy atom. The first-order valence-corrected chi connectivity index (χ1v) is 26.2. The number of furan rings is 1. The van der Waals surface area contributed by atoms with Gasteiger partial charge in [-0.05, 0) is 82.1 Å². The summed E-state index contributed by atoms with van der Waals surface area (Å²) in [6.07, 6.45) is 0. The number of hydrogen-bond acceptors (Lipinski definition) is 4. The molecule has 0 N–H and O–H groups in total. The van der Waals surface area contributed by atoms with Gasteiger partial charge in [0.1, 0.15) is 11.2 Å². The minimum atomic E-state index is -5.06. The number of fused-ring (bicyclic) bond motifs is 13.